The molecule has 0 fully saturated rings. The van der Waals surface area contributed by atoms with Gasteiger partial charge in [-0.15, -0.1) is 0 Å². The zero-order valence-electron chi connectivity index (χ0n) is 18.2. The van der Waals surface area contributed by atoms with E-state index in [1.165, 1.54) is 6.92 Å². The standard InChI is InChI=1S/C24H28N2O6/c1-13(2)20(22(28)25-21(14(3)27)23(29)30)26-24(31)32-12-19-17-10-6-4-8-15(17)16-9-5-7-11-18(16)19/h4-11,13-14,19-21,27H,12H2,1-3H3,(H,25,28)(H,26,31)(H,29,30)/t14?,20-,21?/m1/s1. The van der Waals surface area contributed by atoms with Crippen LogP contribution < -0.4 is 10.6 Å². The minimum Gasteiger partial charge on any atom is -0.480 e. The molecule has 8 heteroatoms. The van der Waals surface area contributed by atoms with Crippen LogP contribution >= 0.6 is 0 Å². The number of alkyl carbamates (subject to hydrolysis) is 1. The molecule has 1 aliphatic carbocycles. The number of carbonyl (C=O) groups is 3. The van der Waals surface area contributed by atoms with Gasteiger partial charge in [0.05, 0.1) is 6.10 Å². The molecular formula is C24H28N2O6. The van der Waals surface area contributed by atoms with E-state index in [2.05, 4.69) is 10.6 Å². The number of benzene rings is 2. The molecule has 0 bridgehead atoms. The van der Waals surface area contributed by atoms with Crippen LogP contribution in [0.3, 0.4) is 0 Å². The van der Waals surface area contributed by atoms with E-state index < -0.39 is 36.2 Å². The Bertz CT molecular complexity index is 958. The summed E-state index contributed by atoms with van der Waals surface area (Å²) in [5, 5.41) is 23.6. The first-order valence-electron chi connectivity index (χ1n) is 10.5. The second kappa shape index (κ2) is 9.82. The lowest BCUT2D eigenvalue weighted by Crippen LogP contribution is -2.56. The molecule has 0 aromatic heterocycles. The van der Waals surface area contributed by atoms with Crippen LogP contribution in [0.5, 0.6) is 0 Å². The molecular weight excluding hydrogens is 412 g/mol. The molecule has 0 aliphatic heterocycles. The Balaban J connectivity index is 1.67. The maximum atomic E-state index is 12.6. The Morgan fingerprint density at radius 1 is 0.906 bits per heavy atom. The lowest BCUT2D eigenvalue weighted by Gasteiger charge is -2.25. The van der Waals surface area contributed by atoms with Gasteiger partial charge in [0, 0.05) is 5.92 Å². The van der Waals surface area contributed by atoms with Crippen LogP contribution in [0.4, 0.5) is 4.79 Å². The number of hydrogen-bond acceptors (Lipinski definition) is 5. The van der Waals surface area contributed by atoms with Gasteiger partial charge in [0.1, 0.15) is 12.6 Å². The number of aliphatic hydroxyl groups is 1. The summed E-state index contributed by atoms with van der Waals surface area (Å²) in [4.78, 5) is 36.3. The molecule has 2 aromatic carbocycles. The molecule has 0 heterocycles. The topological polar surface area (TPSA) is 125 Å². The van der Waals surface area contributed by atoms with Crippen molar-refractivity contribution >= 4 is 18.0 Å². The Morgan fingerprint density at radius 2 is 1.44 bits per heavy atom. The van der Waals surface area contributed by atoms with Crippen molar-refractivity contribution in [3.8, 4) is 11.1 Å². The van der Waals surface area contributed by atoms with Crippen LogP contribution in [0.2, 0.25) is 0 Å². The number of carboxylic acid groups (broad SMARTS) is 1. The Hall–Kier alpha value is -3.39. The van der Waals surface area contributed by atoms with Gasteiger partial charge < -0.3 is 25.6 Å². The normalized spacial score (nSPS) is 15.3. The summed E-state index contributed by atoms with van der Waals surface area (Å²) in [7, 11) is 0. The second-order valence-electron chi connectivity index (χ2n) is 8.26. The van der Waals surface area contributed by atoms with Crippen LogP contribution in [0.15, 0.2) is 48.5 Å². The maximum absolute atomic E-state index is 12.6. The van der Waals surface area contributed by atoms with Crippen LogP contribution in [0.25, 0.3) is 11.1 Å². The molecule has 4 N–H and O–H groups in total. The Morgan fingerprint density at radius 3 is 1.91 bits per heavy atom. The molecule has 1 aliphatic rings. The smallest absolute Gasteiger partial charge is 0.407 e. The van der Waals surface area contributed by atoms with Gasteiger partial charge in [-0.3, -0.25) is 4.79 Å². The molecule has 8 nitrogen and oxygen atoms in total. The van der Waals surface area contributed by atoms with E-state index in [1.54, 1.807) is 13.8 Å². The summed E-state index contributed by atoms with van der Waals surface area (Å²) in [5.41, 5.74) is 4.35. The second-order valence-corrected chi connectivity index (χ2v) is 8.26. The van der Waals surface area contributed by atoms with Crippen molar-refractivity contribution in [2.24, 2.45) is 5.92 Å². The highest BCUT2D eigenvalue weighted by Crippen LogP contribution is 2.44. The molecule has 0 spiro atoms. The number of aliphatic hydroxyl groups excluding tert-OH is 1. The van der Waals surface area contributed by atoms with Crippen molar-refractivity contribution in [3.05, 3.63) is 59.7 Å². The largest absolute Gasteiger partial charge is 0.480 e. The zero-order valence-corrected chi connectivity index (χ0v) is 18.2. The van der Waals surface area contributed by atoms with E-state index in [0.717, 1.165) is 22.3 Å². The van der Waals surface area contributed by atoms with Crippen molar-refractivity contribution in [3.63, 3.8) is 0 Å². The summed E-state index contributed by atoms with van der Waals surface area (Å²) < 4.78 is 5.47. The van der Waals surface area contributed by atoms with E-state index in [1.807, 2.05) is 48.5 Å². The number of carboxylic acids is 1. The highest BCUT2D eigenvalue weighted by Gasteiger charge is 2.32. The monoisotopic (exact) mass is 440 g/mol. The number of rotatable bonds is 8. The minimum absolute atomic E-state index is 0.0950. The molecule has 2 amide bonds. The van der Waals surface area contributed by atoms with Crippen LogP contribution in [-0.2, 0) is 14.3 Å². The lowest BCUT2D eigenvalue weighted by atomic mass is 9.98. The third-order valence-electron chi connectivity index (χ3n) is 5.61. The van der Waals surface area contributed by atoms with Gasteiger partial charge >= 0.3 is 12.1 Å². The first-order valence-corrected chi connectivity index (χ1v) is 10.5. The van der Waals surface area contributed by atoms with Gasteiger partial charge in [-0.25, -0.2) is 9.59 Å². The number of nitrogens with one attached hydrogen (secondary N) is 2. The van der Waals surface area contributed by atoms with Crippen molar-refractivity contribution in [2.75, 3.05) is 6.61 Å². The highest BCUT2D eigenvalue weighted by molar-refractivity contribution is 5.89. The molecule has 0 saturated carbocycles. The van der Waals surface area contributed by atoms with Crippen LogP contribution in [0, 0.1) is 5.92 Å². The van der Waals surface area contributed by atoms with Crippen molar-refractivity contribution in [1.29, 1.82) is 0 Å². The van der Waals surface area contributed by atoms with E-state index in [9.17, 15) is 24.6 Å². The van der Waals surface area contributed by atoms with Crippen molar-refractivity contribution in [2.45, 2.75) is 44.9 Å². The summed E-state index contributed by atoms with van der Waals surface area (Å²) in [6.45, 7) is 4.79. The van der Waals surface area contributed by atoms with Crippen molar-refractivity contribution < 1.29 is 29.3 Å². The number of fused-ring (bicyclic) bond motifs is 3. The molecule has 0 saturated heterocycles. The number of amides is 2. The number of carbonyl (C=O) groups excluding carboxylic acids is 2. The maximum Gasteiger partial charge on any atom is 0.407 e. The van der Waals surface area contributed by atoms with E-state index in [0.29, 0.717) is 0 Å². The number of hydrogen-bond donors (Lipinski definition) is 4. The molecule has 2 aromatic rings. The predicted octanol–water partition coefficient (Wildman–Crippen LogP) is 2.50. The zero-order chi connectivity index (χ0) is 23.4. The third kappa shape index (κ3) is 4.91. The fraction of sp³-hybridized carbons (Fsp3) is 0.375. The summed E-state index contributed by atoms with van der Waals surface area (Å²) in [6.07, 6.45) is -2.07. The first-order chi connectivity index (χ1) is 15.2. The minimum atomic E-state index is -1.48. The molecule has 3 rings (SSSR count). The van der Waals surface area contributed by atoms with E-state index >= 15 is 0 Å². The molecule has 0 radical (unpaired) electrons. The van der Waals surface area contributed by atoms with Gasteiger partial charge in [-0.05, 0) is 35.1 Å². The first kappa shape index (κ1) is 23.3. The lowest BCUT2D eigenvalue weighted by molar-refractivity contribution is -0.145. The molecule has 32 heavy (non-hydrogen) atoms. The van der Waals surface area contributed by atoms with Gasteiger partial charge in [0.15, 0.2) is 6.04 Å². The quantitative estimate of drug-likeness (QED) is 0.500. The molecule has 2 unspecified atom stereocenters. The number of aliphatic carboxylic acids is 1. The van der Waals surface area contributed by atoms with E-state index in [4.69, 9.17) is 4.74 Å². The van der Waals surface area contributed by atoms with Crippen LogP contribution in [-0.4, -0.2) is 53.0 Å². The SMILES string of the molecule is CC(O)C(NC(=O)[C@H](NC(=O)OCC1c2ccccc2-c2ccccc21)C(C)C)C(=O)O. The fourth-order valence-corrected chi connectivity index (χ4v) is 3.93. The van der Waals surface area contributed by atoms with E-state index in [-0.39, 0.29) is 18.4 Å². The predicted molar refractivity (Wildman–Crippen MR) is 118 cm³/mol. The van der Waals surface area contributed by atoms with Gasteiger partial charge in [0.2, 0.25) is 5.91 Å². The molecule has 170 valence electrons. The Kier molecular flexibility index (Phi) is 7.15. The number of ether oxygens (including phenoxy) is 1. The summed E-state index contributed by atoms with van der Waals surface area (Å²) in [6, 6.07) is 13.4. The van der Waals surface area contributed by atoms with Gasteiger partial charge in [-0.2, -0.15) is 0 Å². The third-order valence-corrected chi connectivity index (χ3v) is 5.61. The average Bonchev–Trinajstić information content (AvgIpc) is 3.07. The Labute approximate surface area is 186 Å². The fourth-order valence-electron chi connectivity index (χ4n) is 3.93. The summed E-state index contributed by atoms with van der Waals surface area (Å²) in [5.74, 6) is -2.52. The van der Waals surface area contributed by atoms with Gasteiger partial charge in [0.25, 0.3) is 0 Å². The van der Waals surface area contributed by atoms with Crippen LogP contribution in [0.1, 0.15) is 37.8 Å². The molecule has 3 atom stereocenters. The summed E-state index contributed by atoms with van der Waals surface area (Å²) >= 11 is 0. The highest BCUT2D eigenvalue weighted by atomic mass is 16.5. The van der Waals surface area contributed by atoms with Crippen molar-refractivity contribution in [1.82, 2.24) is 10.6 Å². The van der Waals surface area contributed by atoms with Gasteiger partial charge in [-0.1, -0.05) is 62.4 Å². The average molecular weight is 440 g/mol.